The number of nitrogens with two attached hydrogens (primary N) is 1. The van der Waals surface area contributed by atoms with E-state index in [1.54, 1.807) is 13.2 Å². The van der Waals surface area contributed by atoms with Gasteiger partial charge < -0.3 is 10.5 Å². The van der Waals surface area contributed by atoms with Crippen LogP contribution in [0.15, 0.2) is 22.7 Å². The van der Waals surface area contributed by atoms with Gasteiger partial charge >= 0.3 is 0 Å². The number of amides is 1. The van der Waals surface area contributed by atoms with Gasteiger partial charge in [0.25, 0.3) is 0 Å². The van der Waals surface area contributed by atoms with Gasteiger partial charge in [0.2, 0.25) is 5.91 Å². The molecule has 0 bridgehead atoms. The summed E-state index contributed by atoms with van der Waals surface area (Å²) in [6, 6.07) is 4.15. The van der Waals surface area contributed by atoms with Crippen LogP contribution >= 0.6 is 15.9 Å². The summed E-state index contributed by atoms with van der Waals surface area (Å²) in [5.74, 6) is -0.664. The number of likely N-dealkylation sites (tertiary alicyclic amines) is 1. The van der Waals surface area contributed by atoms with Gasteiger partial charge in [-0.05, 0) is 30.2 Å². The monoisotopic (exact) mass is 330 g/mol. The highest BCUT2D eigenvalue weighted by Crippen LogP contribution is 2.25. The number of rotatable bonds is 4. The summed E-state index contributed by atoms with van der Waals surface area (Å²) in [5, 5.41) is 0. The fourth-order valence-electron chi connectivity index (χ4n) is 2.39. The molecule has 1 heterocycles. The zero-order valence-corrected chi connectivity index (χ0v) is 12.2. The number of primary amides is 1. The lowest BCUT2D eigenvalue weighted by Gasteiger charge is -2.22. The van der Waals surface area contributed by atoms with Gasteiger partial charge in [0.05, 0.1) is 12.1 Å². The van der Waals surface area contributed by atoms with Gasteiger partial charge in [-0.3, -0.25) is 9.69 Å². The fraction of sp³-hybridized carbons (Fsp3) is 0.462. The number of carbonyl (C=O) groups excluding carboxylic acids is 1. The molecule has 1 aromatic carbocycles. The maximum absolute atomic E-state index is 13.3. The molecule has 1 aromatic rings. The Labute approximate surface area is 119 Å². The quantitative estimate of drug-likeness (QED) is 0.913. The second-order valence-electron chi connectivity index (χ2n) is 4.68. The van der Waals surface area contributed by atoms with E-state index in [9.17, 15) is 9.18 Å². The van der Waals surface area contributed by atoms with E-state index in [0.717, 1.165) is 10.0 Å². The van der Waals surface area contributed by atoms with Gasteiger partial charge in [-0.15, -0.1) is 0 Å². The number of ether oxygens (including phenoxy) is 1. The Balaban J connectivity index is 2.16. The van der Waals surface area contributed by atoms with Crippen molar-refractivity contribution in [3.05, 3.63) is 34.1 Å². The normalized spacial score (nSPS) is 23.7. The molecule has 0 aliphatic carbocycles. The molecule has 0 unspecified atom stereocenters. The van der Waals surface area contributed by atoms with Gasteiger partial charge in [-0.25, -0.2) is 4.39 Å². The van der Waals surface area contributed by atoms with E-state index in [1.165, 1.54) is 12.1 Å². The molecule has 19 heavy (non-hydrogen) atoms. The third-order valence-electron chi connectivity index (χ3n) is 3.41. The summed E-state index contributed by atoms with van der Waals surface area (Å²) >= 11 is 3.39. The average molecular weight is 331 g/mol. The molecule has 2 N–H and O–H groups in total. The second-order valence-corrected chi connectivity index (χ2v) is 5.53. The Kier molecular flexibility index (Phi) is 4.54. The van der Waals surface area contributed by atoms with Crippen LogP contribution in [0.3, 0.4) is 0 Å². The Hall–Kier alpha value is -0.980. The van der Waals surface area contributed by atoms with Gasteiger partial charge in [0.15, 0.2) is 0 Å². The molecule has 1 fully saturated rings. The summed E-state index contributed by atoms with van der Waals surface area (Å²) < 4.78 is 19.4. The van der Waals surface area contributed by atoms with E-state index >= 15 is 0 Å². The molecule has 1 aliphatic rings. The van der Waals surface area contributed by atoms with Crippen LogP contribution in [0.1, 0.15) is 12.0 Å². The highest BCUT2D eigenvalue weighted by atomic mass is 79.9. The summed E-state index contributed by atoms with van der Waals surface area (Å²) in [5.41, 5.74) is 6.20. The molecular weight excluding hydrogens is 315 g/mol. The van der Waals surface area contributed by atoms with Gasteiger partial charge in [0.1, 0.15) is 5.82 Å². The number of halogens is 2. The molecule has 0 radical (unpaired) electrons. The van der Waals surface area contributed by atoms with Crippen molar-refractivity contribution in [3.8, 4) is 0 Å². The summed E-state index contributed by atoms with van der Waals surface area (Å²) in [6.07, 6.45) is 0.573. The molecule has 1 amide bonds. The number of nitrogens with zero attached hydrogens (tertiary/aromatic N) is 1. The number of methoxy groups -OCH3 is 1. The van der Waals surface area contributed by atoms with Crippen LogP contribution in [-0.2, 0) is 16.1 Å². The molecule has 1 saturated heterocycles. The van der Waals surface area contributed by atoms with Crippen molar-refractivity contribution in [2.24, 2.45) is 5.73 Å². The van der Waals surface area contributed by atoms with E-state index in [0.29, 0.717) is 19.5 Å². The van der Waals surface area contributed by atoms with Crippen molar-refractivity contribution in [3.63, 3.8) is 0 Å². The van der Waals surface area contributed by atoms with Gasteiger partial charge in [-0.1, -0.05) is 15.9 Å². The predicted molar refractivity (Wildman–Crippen MR) is 72.9 cm³/mol. The number of carbonyl (C=O) groups is 1. The van der Waals surface area contributed by atoms with Crippen molar-refractivity contribution in [1.29, 1.82) is 0 Å². The maximum Gasteiger partial charge on any atom is 0.234 e. The minimum atomic E-state index is -0.368. The smallest absolute Gasteiger partial charge is 0.234 e. The molecule has 2 atom stereocenters. The lowest BCUT2D eigenvalue weighted by molar-refractivity contribution is -0.122. The molecular formula is C13H16BrFN2O2. The molecule has 0 aromatic heterocycles. The minimum Gasteiger partial charge on any atom is -0.380 e. The van der Waals surface area contributed by atoms with Crippen molar-refractivity contribution < 1.29 is 13.9 Å². The summed E-state index contributed by atoms with van der Waals surface area (Å²) in [4.78, 5) is 13.4. The topological polar surface area (TPSA) is 55.6 Å². The van der Waals surface area contributed by atoms with E-state index in [2.05, 4.69) is 15.9 Å². The highest BCUT2D eigenvalue weighted by molar-refractivity contribution is 9.10. The van der Waals surface area contributed by atoms with Crippen molar-refractivity contribution in [2.75, 3.05) is 13.7 Å². The van der Waals surface area contributed by atoms with Crippen LogP contribution in [0.5, 0.6) is 0 Å². The Morgan fingerprint density at radius 3 is 3.00 bits per heavy atom. The largest absolute Gasteiger partial charge is 0.380 e. The zero-order chi connectivity index (χ0) is 14.0. The summed E-state index contributed by atoms with van der Waals surface area (Å²) in [7, 11) is 1.62. The number of benzene rings is 1. The van der Waals surface area contributed by atoms with Crippen molar-refractivity contribution >= 4 is 21.8 Å². The van der Waals surface area contributed by atoms with Gasteiger partial charge in [-0.2, -0.15) is 0 Å². The molecule has 2 rings (SSSR count). The SMILES string of the molecule is CO[C@H]1C[C@@H](C(N)=O)N(Cc2cc(F)ccc2Br)C1. The molecule has 0 spiro atoms. The Morgan fingerprint density at radius 2 is 2.37 bits per heavy atom. The minimum absolute atomic E-state index is 0.00941. The lowest BCUT2D eigenvalue weighted by Crippen LogP contribution is -2.39. The zero-order valence-electron chi connectivity index (χ0n) is 10.6. The Morgan fingerprint density at radius 1 is 1.63 bits per heavy atom. The Bertz CT molecular complexity index is 484. The van der Waals surface area contributed by atoms with Crippen LogP contribution in [-0.4, -0.2) is 36.6 Å². The molecule has 6 heteroatoms. The van der Waals surface area contributed by atoms with Crippen LogP contribution in [0.25, 0.3) is 0 Å². The summed E-state index contributed by atoms with van der Waals surface area (Å²) in [6.45, 7) is 1.08. The second kappa shape index (κ2) is 5.98. The number of hydrogen-bond acceptors (Lipinski definition) is 3. The third kappa shape index (κ3) is 3.32. The van der Waals surface area contributed by atoms with Gasteiger partial charge in [0, 0.05) is 24.7 Å². The first-order valence-electron chi connectivity index (χ1n) is 6.01. The van der Waals surface area contributed by atoms with E-state index < -0.39 is 0 Å². The predicted octanol–water partition coefficient (Wildman–Crippen LogP) is 1.66. The van der Waals surface area contributed by atoms with Crippen LogP contribution < -0.4 is 5.73 Å². The van der Waals surface area contributed by atoms with Crippen LogP contribution in [0.4, 0.5) is 4.39 Å². The van der Waals surface area contributed by atoms with Crippen molar-refractivity contribution in [1.82, 2.24) is 4.90 Å². The standard InChI is InChI=1S/C13H16BrFN2O2/c1-19-10-5-12(13(16)18)17(7-10)6-8-4-9(15)2-3-11(8)14/h2-4,10,12H,5-7H2,1H3,(H2,16,18)/t10-,12-/m0/s1. The van der Waals surface area contributed by atoms with Crippen molar-refractivity contribution in [2.45, 2.75) is 25.1 Å². The lowest BCUT2D eigenvalue weighted by atomic mass is 10.1. The molecule has 1 aliphatic heterocycles. The van der Waals surface area contributed by atoms with Crippen LogP contribution in [0, 0.1) is 5.82 Å². The van der Waals surface area contributed by atoms with Crippen LogP contribution in [0.2, 0.25) is 0 Å². The fourth-order valence-corrected chi connectivity index (χ4v) is 2.76. The first-order valence-corrected chi connectivity index (χ1v) is 6.80. The maximum atomic E-state index is 13.3. The van der Waals surface area contributed by atoms with E-state index in [4.69, 9.17) is 10.5 Å². The first kappa shape index (κ1) is 14.4. The third-order valence-corrected chi connectivity index (χ3v) is 4.18. The molecule has 0 saturated carbocycles. The molecule has 4 nitrogen and oxygen atoms in total. The molecule has 104 valence electrons. The average Bonchev–Trinajstić information content (AvgIpc) is 2.77. The van der Waals surface area contributed by atoms with E-state index in [1.807, 2.05) is 4.90 Å². The van der Waals surface area contributed by atoms with E-state index in [-0.39, 0.29) is 23.9 Å². The highest BCUT2D eigenvalue weighted by Gasteiger charge is 2.35. The first-order chi connectivity index (χ1) is 9.01. The number of hydrogen-bond donors (Lipinski definition) is 1.